The van der Waals surface area contributed by atoms with Gasteiger partial charge in [-0.2, -0.15) is 0 Å². The minimum atomic E-state index is 0.747. The van der Waals surface area contributed by atoms with Crippen molar-refractivity contribution in [3.8, 4) is 0 Å². The Kier molecular flexibility index (Phi) is 5.87. The third-order valence-electron chi connectivity index (χ3n) is 3.70. The van der Waals surface area contributed by atoms with Gasteiger partial charge in [-0.1, -0.05) is 57.0 Å². The molecule has 1 heteroatoms. The molecular formula is C17H29N. The van der Waals surface area contributed by atoms with E-state index in [4.69, 9.17) is 0 Å². The van der Waals surface area contributed by atoms with Crippen molar-refractivity contribution in [1.82, 2.24) is 5.32 Å². The van der Waals surface area contributed by atoms with E-state index in [1.807, 2.05) is 0 Å². The maximum Gasteiger partial charge on any atom is 0.0205 e. The highest BCUT2D eigenvalue weighted by Gasteiger charge is 2.16. The molecule has 102 valence electrons. The van der Waals surface area contributed by atoms with Crippen molar-refractivity contribution in [3.63, 3.8) is 0 Å². The van der Waals surface area contributed by atoms with Crippen LogP contribution < -0.4 is 5.32 Å². The van der Waals surface area contributed by atoms with Crippen molar-refractivity contribution in [2.45, 2.75) is 48.1 Å². The maximum atomic E-state index is 3.62. The zero-order valence-electron chi connectivity index (χ0n) is 12.9. The highest BCUT2D eigenvalue weighted by molar-refractivity contribution is 5.28. The number of benzene rings is 1. The number of rotatable bonds is 6. The summed E-state index contributed by atoms with van der Waals surface area (Å²) >= 11 is 0. The predicted octanol–water partition coefficient (Wildman–Crippen LogP) is 4.32. The fraction of sp³-hybridized carbons (Fsp3) is 0.647. The van der Waals surface area contributed by atoms with Crippen molar-refractivity contribution in [1.29, 1.82) is 0 Å². The van der Waals surface area contributed by atoms with E-state index in [0.29, 0.717) is 0 Å². The van der Waals surface area contributed by atoms with Gasteiger partial charge in [-0.15, -0.1) is 0 Å². The molecule has 18 heavy (non-hydrogen) atoms. The summed E-state index contributed by atoms with van der Waals surface area (Å²) in [5.41, 5.74) is 4.12. The van der Waals surface area contributed by atoms with Gasteiger partial charge in [0, 0.05) is 6.54 Å². The van der Waals surface area contributed by atoms with Crippen LogP contribution in [-0.4, -0.2) is 6.54 Å². The Morgan fingerprint density at radius 1 is 0.889 bits per heavy atom. The van der Waals surface area contributed by atoms with Gasteiger partial charge in [0.25, 0.3) is 0 Å². The van der Waals surface area contributed by atoms with E-state index < -0.39 is 0 Å². The van der Waals surface area contributed by atoms with Gasteiger partial charge < -0.3 is 5.32 Å². The SMILES string of the molecule is Cc1cc(C)cc(CNCC(C(C)C)C(C)C)c1. The molecule has 1 N–H and O–H groups in total. The van der Waals surface area contributed by atoms with E-state index in [1.165, 1.54) is 16.7 Å². The van der Waals surface area contributed by atoms with Crippen LogP contribution in [0.25, 0.3) is 0 Å². The van der Waals surface area contributed by atoms with Crippen LogP contribution in [0.1, 0.15) is 44.4 Å². The molecule has 0 aromatic heterocycles. The summed E-state index contributed by atoms with van der Waals surface area (Å²) in [6.07, 6.45) is 0. The van der Waals surface area contributed by atoms with Crippen molar-refractivity contribution in [3.05, 3.63) is 34.9 Å². The normalized spacial score (nSPS) is 11.8. The quantitative estimate of drug-likeness (QED) is 0.789. The lowest BCUT2D eigenvalue weighted by atomic mass is 9.85. The molecule has 0 fully saturated rings. The number of hydrogen-bond donors (Lipinski definition) is 1. The average Bonchev–Trinajstić information content (AvgIpc) is 2.21. The molecule has 0 heterocycles. The molecule has 0 saturated heterocycles. The zero-order chi connectivity index (χ0) is 13.7. The van der Waals surface area contributed by atoms with Crippen LogP contribution in [0.15, 0.2) is 18.2 Å². The van der Waals surface area contributed by atoms with E-state index in [-0.39, 0.29) is 0 Å². The van der Waals surface area contributed by atoms with Crippen LogP contribution >= 0.6 is 0 Å². The molecule has 0 amide bonds. The number of nitrogens with one attached hydrogen (secondary N) is 1. The summed E-state index contributed by atoms with van der Waals surface area (Å²) in [4.78, 5) is 0. The second kappa shape index (κ2) is 6.94. The lowest BCUT2D eigenvalue weighted by molar-refractivity contribution is 0.275. The number of hydrogen-bond acceptors (Lipinski definition) is 1. The Hall–Kier alpha value is -0.820. The van der Waals surface area contributed by atoms with Gasteiger partial charge in [0.2, 0.25) is 0 Å². The number of aryl methyl sites for hydroxylation is 2. The Balaban J connectivity index is 2.50. The molecular weight excluding hydrogens is 218 g/mol. The summed E-state index contributed by atoms with van der Waals surface area (Å²) in [6.45, 7) is 15.7. The molecule has 1 aromatic carbocycles. The molecule has 0 aliphatic carbocycles. The summed E-state index contributed by atoms with van der Waals surface area (Å²) in [5, 5.41) is 3.62. The van der Waals surface area contributed by atoms with E-state index in [9.17, 15) is 0 Å². The van der Waals surface area contributed by atoms with Crippen LogP contribution in [0.4, 0.5) is 0 Å². The lowest BCUT2D eigenvalue weighted by Crippen LogP contribution is -2.29. The van der Waals surface area contributed by atoms with E-state index in [2.05, 4.69) is 65.1 Å². The molecule has 1 aromatic rings. The fourth-order valence-electron chi connectivity index (χ4n) is 2.80. The second-order valence-corrected chi connectivity index (χ2v) is 6.28. The van der Waals surface area contributed by atoms with Gasteiger partial charge in [0.15, 0.2) is 0 Å². The Bertz CT molecular complexity index is 338. The van der Waals surface area contributed by atoms with Crippen molar-refractivity contribution in [2.75, 3.05) is 6.54 Å². The van der Waals surface area contributed by atoms with E-state index in [1.54, 1.807) is 0 Å². The van der Waals surface area contributed by atoms with Crippen molar-refractivity contribution >= 4 is 0 Å². The summed E-state index contributed by atoms with van der Waals surface area (Å²) < 4.78 is 0. The molecule has 0 saturated carbocycles. The van der Waals surface area contributed by atoms with Gasteiger partial charge >= 0.3 is 0 Å². The van der Waals surface area contributed by atoms with Gasteiger partial charge in [-0.3, -0.25) is 0 Å². The first kappa shape index (κ1) is 15.2. The Labute approximate surface area is 113 Å². The third kappa shape index (κ3) is 4.81. The van der Waals surface area contributed by atoms with Crippen LogP contribution in [0.5, 0.6) is 0 Å². The largest absolute Gasteiger partial charge is 0.312 e. The molecule has 0 spiro atoms. The summed E-state index contributed by atoms with van der Waals surface area (Å²) in [5.74, 6) is 2.25. The first-order chi connectivity index (χ1) is 8.40. The standard InChI is InChI=1S/C17H29N/c1-12(2)17(13(3)4)11-18-10-16-8-14(5)7-15(6)9-16/h7-9,12-13,17-18H,10-11H2,1-6H3. The average molecular weight is 247 g/mol. The van der Waals surface area contributed by atoms with Crippen LogP contribution in [0, 0.1) is 31.6 Å². The molecule has 0 unspecified atom stereocenters. The fourth-order valence-corrected chi connectivity index (χ4v) is 2.80. The Morgan fingerprint density at radius 2 is 1.39 bits per heavy atom. The van der Waals surface area contributed by atoms with Gasteiger partial charge in [0.05, 0.1) is 0 Å². The van der Waals surface area contributed by atoms with Crippen molar-refractivity contribution in [2.24, 2.45) is 17.8 Å². The van der Waals surface area contributed by atoms with Crippen molar-refractivity contribution < 1.29 is 0 Å². The van der Waals surface area contributed by atoms with E-state index >= 15 is 0 Å². The monoisotopic (exact) mass is 247 g/mol. The van der Waals surface area contributed by atoms with Gasteiger partial charge in [-0.25, -0.2) is 0 Å². The Morgan fingerprint density at radius 3 is 1.83 bits per heavy atom. The zero-order valence-corrected chi connectivity index (χ0v) is 12.9. The van der Waals surface area contributed by atoms with Gasteiger partial charge in [0.1, 0.15) is 0 Å². The molecule has 1 rings (SSSR count). The maximum absolute atomic E-state index is 3.62. The minimum Gasteiger partial charge on any atom is -0.312 e. The molecule has 1 nitrogen and oxygen atoms in total. The van der Waals surface area contributed by atoms with Crippen LogP contribution in [0.3, 0.4) is 0 Å². The van der Waals surface area contributed by atoms with Crippen LogP contribution in [0.2, 0.25) is 0 Å². The molecule has 0 aliphatic heterocycles. The summed E-state index contributed by atoms with van der Waals surface area (Å²) in [7, 11) is 0. The molecule has 0 radical (unpaired) electrons. The minimum absolute atomic E-state index is 0.747. The smallest absolute Gasteiger partial charge is 0.0205 e. The molecule has 0 aliphatic rings. The van der Waals surface area contributed by atoms with Gasteiger partial charge in [-0.05, 0) is 43.7 Å². The third-order valence-corrected chi connectivity index (χ3v) is 3.70. The molecule has 0 bridgehead atoms. The lowest BCUT2D eigenvalue weighted by Gasteiger charge is -2.25. The second-order valence-electron chi connectivity index (χ2n) is 6.28. The predicted molar refractivity (Wildman–Crippen MR) is 80.8 cm³/mol. The molecule has 0 atom stereocenters. The first-order valence-electron chi connectivity index (χ1n) is 7.18. The first-order valence-corrected chi connectivity index (χ1v) is 7.18. The van der Waals surface area contributed by atoms with E-state index in [0.717, 1.165) is 30.8 Å². The summed E-state index contributed by atoms with van der Waals surface area (Å²) in [6, 6.07) is 6.79. The highest BCUT2D eigenvalue weighted by atomic mass is 14.9. The topological polar surface area (TPSA) is 12.0 Å². The van der Waals surface area contributed by atoms with Crippen LogP contribution in [-0.2, 0) is 6.54 Å². The highest BCUT2D eigenvalue weighted by Crippen LogP contribution is 2.19.